The molecule has 3 heterocycles. The van der Waals surface area contributed by atoms with E-state index in [0.29, 0.717) is 37.6 Å². The number of carbonyl (C=O) groups excluding carboxylic acids is 2. The summed E-state index contributed by atoms with van der Waals surface area (Å²) in [5.74, 6) is 0.726. The van der Waals surface area contributed by atoms with Crippen LogP contribution >= 0.6 is 11.3 Å². The first-order valence-electron chi connectivity index (χ1n) is 9.85. The van der Waals surface area contributed by atoms with Crippen LogP contribution in [0.1, 0.15) is 24.3 Å². The smallest absolute Gasteiger partial charge is 0.246 e. The number of hydrogen-bond donors (Lipinski definition) is 1. The zero-order chi connectivity index (χ0) is 20.8. The molecule has 4 rings (SSSR count). The summed E-state index contributed by atoms with van der Waals surface area (Å²) in [5.41, 5.74) is 0.989. The molecule has 1 aliphatic rings. The van der Waals surface area contributed by atoms with Crippen molar-refractivity contribution >= 4 is 29.2 Å². The van der Waals surface area contributed by atoms with Crippen LogP contribution < -0.4 is 5.32 Å². The number of likely N-dealkylation sites (tertiary alicyclic amines) is 1. The molecule has 0 spiro atoms. The number of amides is 2. The van der Waals surface area contributed by atoms with E-state index in [4.69, 9.17) is 4.52 Å². The second-order valence-electron chi connectivity index (χ2n) is 7.05. The number of piperidine rings is 1. The summed E-state index contributed by atoms with van der Waals surface area (Å²) in [4.78, 5) is 31.9. The van der Waals surface area contributed by atoms with E-state index in [1.54, 1.807) is 11.0 Å². The third-order valence-corrected chi connectivity index (χ3v) is 5.88. The van der Waals surface area contributed by atoms with E-state index >= 15 is 0 Å². The van der Waals surface area contributed by atoms with Crippen molar-refractivity contribution in [2.75, 3.05) is 13.1 Å². The SMILES string of the molecule is O=C(NCc1nc(-c2cccs2)no1)C1CCN(C(=O)C=Cc2ccccc2)CC1. The van der Waals surface area contributed by atoms with Gasteiger partial charge in [-0.2, -0.15) is 4.98 Å². The first-order chi connectivity index (χ1) is 14.7. The second kappa shape index (κ2) is 9.49. The fraction of sp³-hybridized carbons (Fsp3) is 0.273. The molecule has 7 nitrogen and oxygen atoms in total. The third-order valence-electron chi connectivity index (χ3n) is 5.02. The first kappa shape index (κ1) is 20.0. The highest BCUT2D eigenvalue weighted by atomic mass is 32.1. The van der Waals surface area contributed by atoms with Crippen molar-refractivity contribution in [2.45, 2.75) is 19.4 Å². The summed E-state index contributed by atoms with van der Waals surface area (Å²) in [6.45, 7) is 1.34. The fourth-order valence-corrected chi connectivity index (χ4v) is 3.99. The first-order valence-corrected chi connectivity index (χ1v) is 10.7. The maximum atomic E-state index is 12.5. The Balaban J connectivity index is 1.22. The lowest BCUT2D eigenvalue weighted by atomic mass is 9.96. The molecule has 2 amide bonds. The monoisotopic (exact) mass is 422 g/mol. The van der Waals surface area contributed by atoms with Crippen LogP contribution in [0.15, 0.2) is 58.4 Å². The number of nitrogens with zero attached hydrogens (tertiary/aromatic N) is 3. The van der Waals surface area contributed by atoms with Crippen molar-refractivity contribution in [3.05, 3.63) is 65.4 Å². The van der Waals surface area contributed by atoms with E-state index < -0.39 is 0 Å². The lowest BCUT2D eigenvalue weighted by molar-refractivity contribution is -0.132. The Bertz CT molecular complexity index is 1010. The predicted molar refractivity (Wildman–Crippen MR) is 114 cm³/mol. The molecule has 0 radical (unpaired) electrons. The van der Waals surface area contributed by atoms with Crippen molar-refractivity contribution < 1.29 is 14.1 Å². The van der Waals surface area contributed by atoms with Gasteiger partial charge in [-0.25, -0.2) is 0 Å². The van der Waals surface area contributed by atoms with Gasteiger partial charge >= 0.3 is 0 Å². The molecule has 154 valence electrons. The van der Waals surface area contributed by atoms with E-state index in [9.17, 15) is 9.59 Å². The molecule has 1 saturated heterocycles. The van der Waals surface area contributed by atoms with Gasteiger partial charge in [0.25, 0.3) is 0 Å². The molecular weight excluding hydrogens is 400 g/mol. The van der Waals surface area contributed by atoms with Crippen LogP contribution in [0, 0.1) is 5.92 Å². The van der Waals surface area contributed by atoms with Gasteiger partial charge < -0.3 is 14.7 Å². The maximum absolute atomic E-state index is 12.5. The molecule has 0 atom stereocenters. The zero-order valence-corrected chi connectivity index (χ0v) is 17.2. The number of benzene rings is 1. The van der Waals surface area contributed by atoms with Crippen LogP contribution in [0.2, 0.25) is 0 Å². The number of aromatic nitrogens is 2. The van der Waals surface area contributed by atoms with Crippen LogP contribution in [-0.4, -0.2) is 39.9 Å². The van der Waals surface area contributed by atoms with Gasteiger partial charge in [0.05, 0.1) is 11.4 Å². The lowest BCUT2D eigenvalue weighted by Gasteiger charge is -2.30. The van der Waals surface area contributed by atoms with Crippen molar-refractivity contribution in [3.8, 4) is 10.7 Å². The molecule has 0 bridgehead atoms. The third kappa shape index (κ3) is 5.01. The van der Waals surface area contributed by atoms with Gasteiger partial charge in [-0.15, -0.1) is 11.3 Å². The zero-order valence-electron chi connectivity index (χ0n) is 16.4. The summed E-state index contributed by atoms with van der Waals surface area (Å²) < 4.78 is 5.21. The highest BCUT2D eigenvalue weighted by Gasteiger charge is 2.26. The van der Waals surface area contributed by atoms with Gasteiger partial charge in [0.1, 0.15) is 0 Å². The fourth-order valence-electron chi connectivity index (χ4n) is 3.34. The van der Waals surface area contributed by atoms with Crippen LogP contribution in [-0.2, 0) is 16.1 Å². The summed E-state index contributed by atoms with van der Waals surface area (Å²) in [6, 6.07) is 13.6. The van der Waals surface area contributed by atoms with E-state index in [0.717, 1.165) is 10.4 Å². The van der Waals surface area contributed by atoms with Crippen molar-refractivity contribution in [1.29, 1.82) is 0 Å². The van der Waals surface area contributed by atoms with Gasteiger partial charge in [0.2, 0.25) is 23.5 Å². The van der Waals surface area contributed by atoms with Crippen LogP contribution in [0.25, 0.3) is 16.8 Å². The molecule has 2 aromatic heterocycles. The molecule has 0 aliphatic carbocycles. The van der Waals surface area contributed by atoms with E-state index in [2.05, 4.69) is 15.5 Å². The van der Waals surface area contributed by atoms with Gasteiger partial charge in [-0.1, -0.05) is 41.6 Å². The van der Waals surface area contributed by atoms with Crippen LogP contribution in [0.5, 0.6) is 0 Å². The summed E-state index contributed by atoms with van der Waals surface area (Å²) >= 11 is 1.53. The Morgan fingerprint density at radius 1 is 1.17 bits per heavy atom. The van der Waals surface area contributed by atoms with E-state index in [1.165, 1.54) is 11.3 Å². The van der Waals surface area contributed by atoms with Crippen molar-refractivity contribution in [1.82, 2.24) is 20.4 Å². The summed E-state index contributed by atoms with van der Waals surface area (Å²) in [7, 11) is 0. The van der Waals surface area contributed by atoms with Gasteiger partial charge in [0, 0.05) is 25.1 Å². The van der Waals surface area contributed by atoms with E-state index in [-0.39, 0.29) is 24.3 Å². The van der Waals surface area contributed by atoms with E-state index in [1.807, 2.05) is 53.9 Å². The number of carbonyl (C=O) groups is 2. The topological polar surface area (TPSA) is 88.3 Å². The molecule has 0 saturated carbocycles. The Morgan fingerprint density at radius 3 is 2.70 bits per heavy atom. The Kier molecular flexibility index (Phi) is 6.34. The number of hydrogen-bond acceptors (Lipinski definition) is 6. The normalized spacial score (nSPS) is 14.9. The average Bonchev–Trinajstić information content (AvgIpc) is 3.48. The van der Waals surface area contributed by atoms with Crippen LogP contribution in [0.3, 0.4) is 0 Å². The predicted octanol–water partition coefficient (Wildman–Crippen LogP) is 3.37. The number of rotatable bonds is 6. The molecule has 30 heavy (non-hydrogen) atoms. The van der Waals surface area contributed by atoms with Gasteiger partial charge in [-0.3, -0.25) is 9.59 Å². The number of thiophene rings is 1. The van der Waals surface area contributed by atoms with Crippen molar-refractivity contribution in [3.63, 3.8) is 0 Å². The Hall–Kier alpha value is -3.26. The minimum absolute atomic E-state index is 0.0234. The Morgan fingerprint density at radius 2 is 1.97 bits per heavy atom. The average molecular weight is 423 g/mol. The van der Waals surface area contributed by atoms with Gasteiger partial charge in [-0.05, 0) is 35.9 Å². The molecule has 1 fully saturated rings. The molecule has 8 heteroatoms. The van der Waals surface area contributed by atoms with Crippen LogP contribution in [0.4, 0.5) is 0 Å². The minimum Gasteiger partial charge on any atom is -0.347 e. The Labute approximate surface area is 178 Å². The largest absolute Gasteiger partial charge is 0.347 e. The quantitative estimate of drug-likeness (QED) is 0.616. The molecule has 0 unspecified atom stereocenters. The highest BCUT2D eigenvalue weighted by molar-refractivity contribution is 7.13. The molecule has 3 aromatic rings. The highest BCUT2D eigenvalue weighted by Crippen LogP contribution is 2.21. The second-order valence-corrected chi connectivity index (χ2v) is 8.00. The standard InChI is InChI=1S/C22H22N4O3S/c27-20(9-8-16-5-2-1-3-6-16)26-12-10-17(11-13-26)22(28)23-15-19-24-21(25-29-19)18-7-4-14-30-18/h1-9,14,17H,10-13,15H2,(H,23,28). The lowest BCUT2D eigenvalue weighted by Crippen LogP contribution is -2.42. The summed E-state index contributed by atoms with van der Waals surface area (Å²) in [6.07, 6.45) is 4.69. The maximum Gasteiger partial charge on any atom is 0.246 e. The minimum atomic E-state index is -0.119. The molecular formula is C22H22N4O3S. The molecule has 1 aliphatic heterocycles. The molecule has 1 N–H and O–H groups in total. The summed E-state index contributed by atoms with van der Waals surface area (Å²) in [5, 5.41) is 8.76. The van der Waals surface area contributed by atoms with Crippen molar-refractivity contribution in [2.24, 2.45) is 5.92 Å². The van der Waals surface area contributed by atoms with Gasteiger partial charge in [0.15, 0.2) is 0 Å². The molecule has 1 aromatic carbocycles. The number of nitrogens with one attached hydrogen (secondary N) is 1.